The zero-order chi connectivity index (χ0) is 26.5. The Bertz CT molecular complexity index is 1730. The molecule has 7 rings (SSSR count). The Morgan fingerprint density at radius 1 is 0.846 bits per heavy atom. The molecule has 4 heterocycles. The standard InChI is InChI=1S/C32H33N3O3S/c1-33(2)21-12-14-34(15-13-21)26-11-10-23(32-30(26)25-6-3-4-9-28(25)39-32)22-7-5-8-24-27(36)20-29(38-31(22)24)35-16-18-37-19-17-35/h3-11,20-21H,12-19H2,1-2H3. The lowest BCUT2D eigenvalue weighted by Crippen LogP contribution is -2.42. The molecule has 0 atom stereocenters. The summed E-state index contributed by atoms with van der Waals surface area (Å²) in [5, 5.41) is 3.22. The van der Waals surface area contributed by atoms with Crippen LogP contribution in [0.25, 0.3) is 42.3 Å². The molecule has 0 radical (unpaired) electrons. The number of morpholine rings is 1. The minimum Gasteiger partial charge on any atom is -0.440 e. The van der Waals surface area contributed by atoms with Crippen molar-refractivity contribution in [2.75, 3.05) is 63.3 Å². The Morgan fingerprint density at radius 2 is 1.62 bits per heavy atom. The van der Waals surface area contributed by atoms with Crippen molar-refractivity contribution >= 4 is 54.0 Å². The second-order valence-corrected chi connectivity index (χ2v) is 11.9. The van der Waals surface area contributed by atoms with Gasteiger partial charge in [-0.1, -0.05) is 36.4 Å². The Morgan fingerprint density at radius 3 is 2.41 bits per heavy atom. The summed E-state index contributed by atoms with van der Waals surface area (Å²) in [5.41, 5.74) is 4.04. The number of nitrogens with zero attached hydrogens (tertiary/aromatic N) is 3. The first-order chi connectivity index (χ1) is 19.1. The van der Waals surface area contributed by atoms with Gasteiger partial charge in [-0.05, 0) is 45.1 Å². The van der Waals surface area contributed by atoms with E-state index in [1.165, 1.54) is 25.9 Å². The van der Waals surface area contributed by atoms with E-state index >= 15 is 0 Å². The minimum atomic E-state index is -0.00689. The van der Waals surface area contributed by atoms with Crippen molar-refractivity contribution in [2.24, 2.45) is 0 Å². The highest BCUT2D eigenvalue weighted by molar-refractivity contribution is 7.26. The second kappa shape index (κ2) is 9.97. The maximum Gasteiger partial charge on any atom is 0.200 e. The summed E-state index contributed by atoms with van der Waals surface area (Å²) in [6, 6.07) is 21.4. The fourth-order valence-electron chi connectivity index (χ4n) is 6.23. The van der Waals surface area contributed by atoms with E-state index in [-0.39, 0.29) is 5.43 Å². The first kappa shape index (κ1) is 24.6. The van der Waals surface area contributed by atoms with Gasteiger partial charge in [-0.15, -0.1) is 11.3 Å². The predicted molar refractivity (Wildman–Crippen MR) is 163 cm³/mol. The highest BCUT2D eigenvalue weighted by Crippen LogP contribution is 2.46. The monoisotopic (exact) mass is 539 g/mol. The van der Waals surface area contributed by atoms with E-state index in [4.69, 9.17) is 9.15 Å². The predicted octanol–water partition coefficient (Wildman–Crippen LogP) is 6.19. The fraction of sp³-hybridized carbons (Fsp3) is 0.344. The van der Waals surface area contributed by atoms with E-state index in [1.807, 2.05) is 23.5 Å². The molecular formula is C32H33N3O3S. The van der Waals surface area contributed by atoms with E-state index in [9.17, 15) is 4.79 Å². The number of thiophene rings is 1. The molecule has 0 bridgehead atoms. The van der Waals surface area contributed by atoms with E-state index in [0.717, 1.165) is 50.1 Å². The van der Waals surface area contributed by atoms with Gasteiger partial charge >= 0.3 is 0 Å². The first-order valence-electron chi connectivity index (χ1n) is 13.8. The third-order valence-electron chi connectivity index (χ3n) is 8.39. The topological polar surface area (TPSA) is 49.2 Å². The van der Waals surface area contributed by atoms with Crippen molar-refractivity contribution in [2.45, 2.75) is 18.9 Å². The molecule has 6 nitrogen and oxygen atoms in total. The van der Waals surface area contributed by atoms with Crippen LogP contribution >= 0.6 is 11.3 Å². The Labute approximate surface area is 232 Å². The maximum absolute atomic E-state index is 13.2. The van der Waals surface area contributed by atoms with Crippen molar-refractivity contribution in [1.29, 1.82) is 0 Å². The number of benzene rings is 3. The molecule has 0 saturated carbocycles. The Kier molecular flexibility index (Phi) is 6.30. The van der Waals surface area contributed by atoms with Crippen molar-refractivity contribution in [3.05, 3.63) is 70.9 Å². The number of anilines is 2. The van der Waals surface area contributed by atoms with Crippen molar-refractivity contribution in [1.82, 2.24) is 4.90 Å². The molecule has 39 heavy (non-hydrogen) atoms. The Hall–Kier alpha value is -3.39. The second-order valence-electron chi connectivity index (χ2n) is 10.8. The average molecular weight is 540 g/mol. The summed E-state index contributed by atoms with van der Waals surface area (Å²) in [4.78, 5) is 20.3. The van der Waals surface area contributed by atoms with Crippen molar-refractivity contribution < 1.29 is 9.15 Å². The number of piperidine rings is 1. The number of hydrogen-bond acceptors (Lipinski definition) is 7. The van der Waals surface area contributed by atoms with Crippen LogP contribution in [0.3, 0.4) is 0 Å². The van der Waals surface area contributed by atoms with Crippen molar-refractivity contribution in [3.8, 4) is 11.1 Å². The van der Waals surface area contributed by atoms with Crippen LogP contribution in [0.5, 0.6) is 0 Å². The quantitative estimate of drug-likeness (QED) is 0.271. The van der Waals surface area contributed by atoms with Gasteiger partial charge < -0.3 is 23.9 Å². The third kappa shape index (κ3) is 4.29. The summed E-state index contributed by atoms with van der Waals surface area (Å²) in [6.45, 7) is 4.81. The summed E-state index contributed by atoms with van der Waals surface area (Å²) >= 11 is 1.83. The van der Waals surface area contributed by atoms with Crippen LogP contribution in [0.4, 0.5) is 11.6 Å². The van der Waals surface area contributed by atoms with Crippen LogP contribution in [-0.4, -0.2) is 64.4 Å². The van der Waals surface area contributed by atoms with E-state index in [0.29, 0.717) is 36.1 Å². The van der Waals surface area contributed by atoms with E-state index < -0.39 is 0 Å². The zero-order valence-corrected chi connectivity index (χ0v) is 23.3. The first-order valence-corrected chi connectivity index (χ1v) is 14.7. The SMILES string of the molecule is CN(C)C1CCN(c2ccc(-c3cccc4c(=O)cc(N5CCOCC5)oc34)c3sc4ccccc4c23)CC1. The maximum atomic E-state index is 13.2. The lowest BCUT2D eigenvalue weighted by Gasteiger charge is -2.37. The molecule has 2 saturated heterocycles. The molecule has 2 aliphatic heterocycles. The molecule has 5 aromatic rings. The van der Waals surface area contributed by atoms with Gasteiger partial charge in [-0.3, -0.25) is 4.79 Å². The molecule has 3 aromatic carbocycles. The van der Waals surface area contributed by atoms with Crippen LogP contribution in [0.15, 0.2) is 69.9 Å². The molecule has 2 aromatic heterocycles. The third-order valence-corrected chi connectivity index (χ3v) is 9.60. The molecule has 0 aliphatic carbocycles. The molecule has 2 fully saturated rings. The molecule has 200 valence electrons. The van der Waals surface area contributed by atoms with Crippen LogP contribution in [0.2, 0.25) is 0 Å². The molecule has 0 unspecified atom stereocenters. The molecule has 0 N–H and O–H groups in total. The number of rotatable bonds is 4. The van der Waals surface area contributed by atoms with Crippen LogP contribution in [-0.2, 0) is 4.74 Å². The highest BCUT2D eigenvalue weighted by atomic mass is 32.1. The van der Waals surface area contributed by atoms with Gasteiger partial charge in [0, 0.05) is 75.3 Å². The van der Waals surface area contributed by atoms with Crippen LogP contribution in [0.1, 0.15) is 12.8 Å². The smallest absolute Gasteiger partial charge is 0.200 e. The zero-order valence-electron chi connectivity index (χ0n) is 22.5. The lowest BCUT2D eigenvalue weighted by molar-refractivity contribution is 0.121. The molecule has 7 heteroatoms. The Balaban J connectivity index is 1.41. The fourth-order valence-corrected chi connectivity index (χ4v) is 7.48. The minimum absolute atomic E-state index is 0.00689. The van der Waals surface area contributed by atoms with Gasteiger partial charge in [0.05, 0.1) is 18.6 Å². The summed E-state index contributed by atoms with van der Waals surface area (Å²) in [7, 11) is 4.37. The molecule has 2 aliphatic rings. The molecule has 0 amide bonds. The normalized spacial score (nSPS) is 17.2. The van der Waals surface area contributed by atoms with Gasteiger partial charge in [0.15, 0.2) is 11.3 Å². The summed E-state index contributed by atoms with van der Waals surface area (Å²) < 4.78 is 14.6. The highest BCUT2D eigenvalue weighted by Gasteiger charge is 2.25. The van der Waals surface area contributed by atoms with E-state index in [2.05, 4.69) is 71.3 Å². The molecule has 0 spiro atoms. The number of para-hydroxylation sites is 1. The number of fused-ring (bicyclic) bond motifs is 4. The summed E-state index contributed by atoms with van der Waals surface area (Å²) in [6.07, 6.45) is 2.33. The summed E-state index contributed by atoms with van der Waals surface area (Å²) in [5.74, 6) is 0.621. The molecular weight excluding hydrogens is 506 g/mol. The average Bonchev–Trinajstić information content (AvgIpc) is 3.37. The van der Waals surface area contributed by atoms with Crippen LogP contribution < -0.4 is 15.2 Å². The van der Waals surface area contributed by atoms with Crippen molar-refractivity contribution in [3.63, 3.8) is 0 Å². The van der Waals surface area contributed by atoms with Crippen LogP contribution in [0, 0.1) is 0 Å². The van der Waals surface area contributed by atoms with Gasteiger partial charge in [0.2, 0.25) is 0 Å². The largest absolute Gasteiger partial charge is 0.440 e. The number of ether oxygens (including phenoxy) is 1. The van der Waals surface area contributed by atoms with Gasteiger partial charge in [0.1, 0.15) is 5.58 Å². The van der Waals surface area contributed by atoms with E-state index in [1.54, 1.807) is 6.07 Å². The lowest BCUT2D eigenvalue weighted by atomic mass is 9.97. The van der Waals surface area contributed by atoms with Gasteiger partial charge in [0.25, 0.3) is 0 Å². The van der Waals surface area contributed by atoms with Gasteiger partial charge in [-0.2, -0.15) is 0 Å². The number of hydrogen-bond donors (Lipinski definition) is 0. The van der Waals surface area contributed by atoms with Gasteiger partial charge in [-0.25, -0.2) is 0 Å².